The number of aromatic nitrogens is 1. The summed E-state index contributed by atoms with van der Waals surface area (Å²) in [6.45, 7) is 7.70. The monoisotopic (exact) mass is 271 g/mol. The molecule has 1 aromatic heterocycles. The van der Waals surface area contributed by atoms with Crippen LogP contribution in [0.3, 0.4) is 0 Å². The van der Waals surface area contributed by atoms with Crippen molar-refractivity contribution in [3.8, 4) is 0 Å². The molecule has 0 atom stereocenters. The minimum Gasteiger partial charge on any atom is -0.383 e. The second-order valence-corrected chi connectivity index (χ2v) is 6.01. The Hall–Kier alpha value is -1.65. The maximum Gasteiger partial charge on any atom is 0.128 e. The van der Waals surface area contributed by atoms with Crippen LogP contribution in [-0.2, 0) is 11.3 Å². The van der Waals surface area contributed by atoms with Gasteiger partial charge in [0, 0.05) is 29.6 Å². The molecular weight excluding hydrogens is 250 g/mol. The Bertz CT molecular complexity index is 624. The van der Waals surface area contributed by atoms with Gasteiger partial charge in [0.1, 0.15) is 5.82 Å². The van der Waals surface area contributed by atoms with Gasteiger partial charge < -0.3 is 10.5 Å². The van der Waals surface area contributed by atoms with Gasteiger partial charge in [-0.15, -0.1) is 0 Å². The minimum atomic E-state index is 0.0380. The molecule has 4 heteroatoms. The third kappa shape index (κ3) is 2.49. The number of fused-ring (bicyclic) bond motifs is 1. The number of para-hydroxylation sites is 1. The summed E-state index contributed by atoms with van der Waals surface area (Å²) in [5.41, 5.74) is 8.21. The molecule has 0 unspecified atom stereocenters. The zero-order valence-corrected chi connectivity index (χ0v) is 12.1. The van der Waals surface area contributed by atoms with Crippen molar-refractivity contribution in [3.05, 3.63) is 35.9 Å². The lowest BCUT2D eigenvalue weighted by atomic mass is 10.0. The van der Waals surface area contributed by atoms with E-state index in [-0.39, 0.29) is 5.54 Å². The van der Waals surface area contributed by atoms with Crippen molar-refractivity contribution in [3.63, 3.8) is 0 Å². The number of benzene rings is 1. The topological polar surface area (TPSA) is 51.4 Å². The first-order chi connectivity index (χ1) is 9.56. The zero-order valence-electron chi connectivity index (χ0n) is 12.1. The van der Waals surface area contributed by atoms with E-state index in [0.717, 1.165) is 42.8 Å². The van der Waals surface area contributed by atoms with E-state index < -0.39 is 0 Å². The Balaban J connectivity index is 1.92. The van der Waals surface area contributed by atoms with Gasteiger partial charge in [-0.1, -0.05) is 18.2 Å². The van der Waals surface area contributed by atoms with Crippen LogP contribution in [0.4, 0.5) is 5.82 Å². The number of nitrogen functional groups attached to an aromatic ring is 1. The number of anilines is 1. The van der Waals surface area contributed by atoms with Gasteiger partial charge in [0.15, 0.2) is 0 Å². The summed E-state index contributed by atoms with van der Waals surface area (Å²) in [7, 11) is 0. The number of hydrogen-bond acceptors (Lipinski definition) is 4. The molecule has 1 aliphatic rings. The smallest absolute Gasteiger partial charge is 0.128 e. The van der Waals surface area contributed by atoms with E-state index in [1.807, 2.05) is 18.2 Å². The molecule has 1 aromatic carbocycles. The van der Waals surface area contributed by atoms with Crippen LogP contribution in [0, 0.1) is 0 Å². The van der Waals surface area contributed by atoms with Crippen LogP contribution in [0.25, 0.3) is 10.9 Å². The fourth-order valence-corrected chi connectivity index (χ4v) is 2.69. The SMILES string of the molecule is CC1(C)COCCN1Cc1cc2ccccc2nc1N. The summed E-state index contributed by atoms with van der Waals surface area (Å²) in [5.74, 6) is 0.631. The molecule has 1 saturated heterocycles. The molecule has 1 aliphatic heterocycles. The predicted molar refractivity (Wildman–Crippen MR) is 81.5 cm³/mol. The maximum absolute atomic E-state index is 6.12. The van der Waals surface area contributed by atoms with Gasteiger partial charge in [-0.05, 0) is 26.0 Å². The number of nitrogens with zero attached hydrogens (tertiary/aromatic N) is 2. The highest BCUT2D eigenvalue weighted by Crippen LogP contribution is 2.25. The minimum absolute atomic E-state index is 0.0380. The van der Waals surface area contributed by atoms with Crippen molar-refractivity contribution >= 4 is 16.7 Å². The summed E-state index contributed by atoms with van der Waals surface area (Å²) in [4.78, 5) is 6.92. The molecular formula is C16H21N3O. The molecule has 0 aliphatic carbocycles. The van der Waals surface area contributed by atoms with E-state index in [1.165, 1.54) is 0 Å². The third-order valence-corrected chi connectivity index (χ3v) is 4.01. The number of nitrogens with two attached hydrogens (primary N) is 1. The summed E-state index contributed by atoms with van der Waals surface area (Å²) in [6.07, 6.45) is 0. The van der Waals surface area contributed by atoms with Crippen molar-refractivity contribution in [2.24, 2.45) is 0 Å². The largest absolute Gasteiger partial charge is 0.383 e. The number of hydrogen-bond donors (Lipinski definition) is 1. The van der Waals surface area contributed by atoms with E-state index in [0.29, 0.717) is 5.82 Å². The summed E-state index contributed by atoms with van der Waals surface area (Å²) >= 11 is 0. The lowest BCUT2D eigenvalue weighted by Gasteiger charge is -2.42. The van der Waals surface area contributed by atoms with Crippen LogP contribution in [-0.4, -0.2) is 35.2 Å². The molecule has 106 valence electrons. The Morgan fingerprint density at radius 1 is 1.35 bits per heavy atom. The molecule has 2 N–H and O–H groups in total. The van der Waals surface area contributed by atoms with Crippen molar-refractivity contribution < 1.29 is 4.74 Å². The molecule has 3 rings (SSSR count). The Kier molecular flexibility index (Phi) is 3.36. The molecule has 0 saturated carbocycles. The Morgan fingerprint density at radius 2 is 2.15 bits per heavy atom. The van der Waals surface area contributed by atoms with Crippen LogP contribution < -0.4 is 5.73 Å². The van der Waals surface area contributed by atoms with Crippen LogP contribution in [0.5, 0.6) is 0 Å². The molecule has 1 fully saturated rings. The van der Waals surface area contributed by atoms with E-state index in [4.69, 9.17) is 10.5 Å². The van der Waals surface area contributed by atoms with Gasteiger partial charge in [0.25, 0.3) is 0 Å². The van der Waals surface area contributed by atoms with Crippen LogP contribution >= 0.6 is 0 Å². The Labute approximate surface area is 119 Å². The second kappa shape index (κ2) is 5.04. The van der Waals surface area contributed by atoms with Crippen LogP contribution in [0.1, 0.15) is 19.4 Å². The third-order valence-electron chi connectivity index (χ3n) is 4.01. The van der Waals surface area contributed by atoms with E-state index in [2.05, 4.69) is 35.9 Å². The standard InChI is InChI=1S/C16H21N3O/c1-16(2)11-20-8-7-19(16)10-13-9-12-5-3-4-6-14(12)18-15(13)17/h3-6,9H,7-8,10-11H2,1-2H3,(H2,17,18). The number of ether oxygens (including phenoxy) is 1. The first-order valence-corrected chi connectivity index (χ1v) is 7.03. The van der Waals surface area contributed by atoms with Crippen molar-refractivity contribution in [1.29, 1.82) is 0 Å². The van der Waals surface area contributed by atoms with Crippen molar-refractivity contribution in [2.45, 2.75) is 25.9 Å². The predicted octanol–water partition coefficient (Wildman–Crippen LogP) is 2.43. The lowest BCUT2D eigenvalue weighted by Crippen LogP contribution is -2.52. The average molecular weight is 271 g/mol. The maximum atomic E-state index is 6.12. The Morgan fingerprint density at radius 3 is 2.95 bits per heavy atom. The number of morpholine rings is 1. The summed E-state index contributed by atoms with van der Waals surface area (Å²) in [6, 6.07) is 10.2. The fraction of sp³-hybridized carbons (Fsp3) is 0.438. The van der Waals surface area contributed by atoms with Gasteiger partial charge in [-0.25, -0.2) is 4.98 Å². The molecule has 2 heterocycles. The number of pyridine rings is 1. The quantitative estimate of drug-likeness (QED) is 0.911. The van der Waals surface area contributed by atoms with Gasteiger partial charge in [0.2, 0.25) is 0 Å². The number of rotatable bonds is 2. The normalized spacial score (nSPS) is 19.3. The van der Waals surface area contributed by atoms with Gasteiger partial charge in [-0.3, -0.25) is 4.90 Å². The molecule has 4 nitrogen and oxygen atoms in total. The fourth-order valence-electron chi connectivity index (χ4n) is 2.69. The second-order valence-electron chi connectivity index (χ2n) is 6.01. The molecule has 0 spiro atoms. The van der Waals surface area contributed by atoms with Gasteiger partial charge >= 0.3 is 0 Å². The zero-order chi connectivity index (χ0) is 14.2. The van der Waals surface area contributed by atoms with Crippen LogP contribution in [0.15, 0.2) is 30.3 Å². The van der Waals surface area contributed by atoms with Crippen molar-refractivity contribution in [2.75, 3.05) is 25.5 Å². The highest BCUT2D eigenvalue weighted by Gasteiger charge is 2.30. The summed E-state index contributed by atoms with van der Waals surface area (Å²) in [5, 5.41) is 1.14. The van der Waals surface area contributed by atoms with E-state index >= 15 is 0 Å². The molecule has 20 heavy (non-hydrogen) atoms. The molecule has 0 amide bonds. The summed E-state index contributed by atoms with van der Waals surface area (Å²) < 4.78 is 5.56. The van der Waals surface area contributed by atoms with E-state index in [1.54, 1.807) is 0 Å². The first-order valence-electron chi connectivity index (χ1n) is 7.03. The van der Waals surface area contributed by atoms with Gasteiger partial charge in [-0.2, -0.15) is 0 Å². The highest BCUT2D eigenvalue weighted by atomic mass is 16.5. The van der Waals surface area contributed by atoms with Crippen molar-refractivity contribution in [1.82, 2.24) is 9.88 Å². The lowest BCUT2D eigenvalue weighted by molar-refractivity contribution is -0.0552. The molecule has 0 radical (unpaired) electrons. The van der Waals surface area contributed by atoms with Crippen LogP contribution in [0.2, 0.25) is 0 Å². The van der Waals surface area contributed by atoms with Gasteiger partial charge in [0.05, 0.1) is 18.7 Å². The van der Waals surface area contributed by atoms with E-state index in [9.17, 15) is 0 Å². The molecule has 0 bridgehead atoms. The highest BCUT2D eigenvalue weighted by molar-refractivity contribution is 5.81. The first kappa shape index (κ1) is 13.3. The molecule has 2 aromatic rings. The average Bonchev–Trinajstić information content (AvgIpc) is 2.41.